The first kappa shape index (κ1) is 19.1. The third kappa shape index (κ3) is 3.73. The average Bonchev–Trinajstić information content (AvgIpc) is 2.94. The summed E-state index contributed by atoms with van der Waals surface area (Å²) in [6.45, 7) is 1.85. The van der Waals surface area contributed by atoms with Crippen LogP contribution in [0.1, 0.15) is 48.5 Å². The van der Waals surface area contributed by atoms with E-state index in [0.717, 1.165) is 18.2 Å². The molecule has 25 heavy (non-hydrogen) atoms. The second kappa shape index (κ2) is 6.95. The number of halogens is 3. The van der Waals surface area contributed by atoms with E-state index in [1.807, 2.05) is 0 Å². The Hall–Kier alpha value is -2.22. The van der Waals surface area contributed by atoms with Gasteiger partial charge in [-0.25, -0.2) is 4.79 Å². The van der Waals surface area contributed by atoms with Gasteiger partial charge in [-0.2, -0.15) is 22.4 Å². The van der Waals surface area contributed by atoms with Crippen LogP contribution in [0.25, 0.3) is 0 Å². The number of carbonyl (C=O) groups excluding carboxylic acids is 2. The number of hydrogen-bond acceptors (Lipinski definition) is 3. The minimum absolute atomic E-state index is 0.140. The SMILES string of the molecule is C[C@@H]1CCC[N+]1(C(=O)O)C(=O)CCC(=O)c1cccc(C(F)(F)F)c1. The first-order valence-corrected chi connectivity index (χ1v) is 7.94. The van der Waals surface area contributed by atoms with Crippen molar-refractivity contribution in [3.05, 3.63) is 35.4 Å². The molecule has 1 saturated heterocycles. The van der Waals surface area contributed by atoms with Crippen LogP contribution in [0.4, 0.5) is 18.0 Å². The molecule has 0 spiro atoms. The molecular weight excluding hydrogens is 339 g/mol. The molecule has 1 aliphatic heterocycles. The van der Waals surface area contributed by atoms with Gasteiger partial charge in [0.05, 0.1) is 18.5 Å². The van der Waals surface area contributed by atoms with E-state index >= 15 is 0 Å². The average molecular weight is 358 g/mol. The van der Waals surface area contributed by atoms with Gasteiger partial charge in [-0.15, -0.1) is 0 Å². The highest BCUT2D eigenvalue weighted by Gasteiger charge is 2.52. The van der Waals surface area contributed by atoms with E-state index in [1.165, 1.54) is 6.07 Å². The van der Waals surface area contributed by atoms with Crippen molar-refractivity contribution in [3.8, 4) is 0 Å². The van der Waals surface area contributed by atoms with Crippen molar-refractivity contribution < 1.29 is 37.1 Å². The van der Waals surface area contributed by atoms with Crippen LogP contribution in [0.5, 0.6) is 0 Å². The third-order valence-corrected chi connectivity index (χ3v) is 4.75. The fourth-order valence-corrected chi connectivity index (χ4v) is 3.27. The number of nitrogens with zero attached hydrogens (tertiary/aromatic N) is 1. The standard InChI is InChI=1S/C17H18F3NO4/c1-11-4-3-9-21(11,16(24)25)15(23)8-7-14(22)12-5-2-6-13(10-12)17(18,19)20/h2,5-6,10-11H,3-4,7-9H2,1H3/p+1/t11-,21?/m1/s1. The van der Waals surface area contributed by atoms with Crippen LogP contribution < -0.4 is 0 Å². The lowest BCUT2D eigenvalue weighted by atomic mass is 10.0. The maximum absolute atomic E-state index is 12.7. The topological polar surface area (TPSA) is 71.4 Å². The van der Waals surface area contributed by atoms with Crippen molar-refractivity contribution in [2.24, 2.45) is 0 Å². The number of alkyl halides is 3. The lowest BCUT2D eigenvalue weighted by molar-refractivity contribution is -0.792. The van der Waals surface area contributed by atoms with E-state index in [4.69, 9.17) is 0 Å². The highest BCUT2D eigenvalue weighted by atomic mass is 19.4. The van der Waals surface area contributed by atoms with Gasteiger partial charge in [-0.05, 0) is 19.1 Å². The molecular formula is C17H19F3NO4+. The number of hydrogen-bond donors (Lipinski definition) is 1. The molecule has 0 aromatic heterocycles. The second-order valence-corrected chi connectivity index (χ2v) is 6.26. The van der Waals surface area contributed by atoms with E-state index in [2.05, 4.69) is 0 Å². The summed E-state index contributed by atoms with van der Waals surface area (Å²) in [4.78, 5) is 36.2. The molecule has 1 unspecified atom stereocenters. The largest absolute Gasteiger partial charge is 0.521 e. The zero-order valence-electron chi connectivity index (χ0n) is 13.7. The Bertz CT molecular complexity index is 701. The van der Waals surface area contributed by atoms with Crippen LogP contribution >= 0.6 is 0 Å². The number of rotatable bonds is 4. The van der Waals surface area contributed by atoms with Crippen LogP contribution in [0.15, 0.2) is 24.3 Å². The number of Topliss-reactive ketones (excluding diaryl/α,β-unsaturated/α-hetero) is 1. The summed E-state index contributed by atoms with van der Waals surface area (Å²) in [7, 11) is 0. The number of carboxylic acid groups (broad SMARTS) is 1. The monoisotopic (exact) mass is 358 g/mol. The zero-order chi connectivity index (χ0) is 18.8. The van der Waals surface area contributed by atoms with E-state index in [9.17, 15) is 32.7 Å². The normalized spacial score (nSPS) is 23.4. The van der Waals surface area contributed by atoms with Crippen LogP contribution in [0.2, 0.25) is 0 Å². The van der Waals surface area contributed by atoms with Crippen LogP contribution in [0.3, 0.4) is 0 Å². The molecule has 0 bridgehead atoms. The van der Waals surface area contributed by atoms with Crippen molar-refractivity contribution in [1.82, 2.24) is 0 Å². The van der Waals surface area contributed by atoms with E-state index in [0.29, 0.717) is 12.8 Å². The molecule has 2 rings (SSSR count). The number of quaternary nitrogens is 1. The molecule has 1 aliphatic rings. The molecule has 136 valence electrons. The van der Waals surface area contributed by atoms with Crippen LogP contribution in [-0.4, -0.2) is 40.0 Å². The van der Waals surface area contributed by atoms with Crippen molar-refractivity contribution in [2.45, 2.75) is 44.8 Å². The van der Waals surface area contributed by atoms with Gasteiger partial charge < -0.3 is 5.11 Å². The number of ketones is 1. The maximum Gasteiger partial charge on any atom is 0.521 e. The minimum Gasteiger partial charge on any atom is -0.435 e. The lowest BCUT2D eigenvalue weighted by Crippen LogP contribution is -2.58. The molecule has 0 aliphatic carbocycles. The summed E-state index contributed by atoms with van der Waals surface area (Å²) < 4.78 is 37.4. The molecule has 1 aromatic rings. The summed E-state index contributed by atoms with van der Waals surface area (Å²) >= 11 is 0. The Balaban J connectivity index is 2.09. The third-order valence-electron chi connectivity index (χ3n) is 4.75. The first-order chi connectivity index (χ1) is 11.6. The number of amides is 2. The number of imide groups is 1. The van der Waals surface area contributed by atoms with Crippen LogP contribution in [0, 0.1) is 0 Å². The molecule has 1 aromatic carbocycles. The quantitative estimate of drug-likeness (QED) is 0.655. The summed E-state index contributed by atoms with van der Waals surface area (Å²) in [6, 6.07) is 3.60. The molecule has 1 heterocycles. The Morgan fingerprint density at radius 2 is 1.92 bits per heavy atom. The van der Waals surface area contributed by atoms with E-state index in [1.54, 1.807) is 6.92 Å². The lowest BCUT2D eigenvalue weighted by Gasteiger charge is -2.29. The summed E-state index contributed by atoms with van der Waals surface area (Å²) in [6.07, 6.45) is -5.25. The highest BCUT2D eigenvalue weighted by molar-refractivity contribution is 5.98. The van der Waals surface area contributed by atoms with E-state index in [-0.39, 0.29) is 31.0 Å². The van der Waals surface area contributed by atoms with Gasteiger partial charge in [0, 0.05) is 24.8 Å². The second-order valence-electron chi connectivity index (χ2n) is 6.26. The summed E-state index contributed by atoms with van der Waals surface area (Å²) in [5.41, 5.74) is -1.08. The molecule has 8 heteroatoms. The predicted molar refractivity (Wildman–Crippen MR) is 81.9 cm³/mol. The number of likely N-dealkylation sites (tertiary alicyclic amines) is 1. The van der Waals surface area contributed by atoms with Crippen molar-refractivity contribution >= 4 is 17.8 Å². The van der Waals surface area contributed by atoms with Crippen molar-refractivity contribution in [2.75, 3.05) is 6.54 Å². The fourth-order valence-electron chi connectivity index (χ4n) is 3.27. The minimum atomic E-state index is -4.56. The number of benzene rings is 1. The first-order valence-electron chi connectivity index (χ1n) is 7.94. The molecule has 0 saturated carbocycles. The Kier molecular flexibility index (Phi) is 5.31. The zero-order valence-corrected chi connectivity index (χ0v) is 13.7. The highest BCUT2D eigenvalue weighted by Crippen LogP contribution is 2.31. The Morgan fingerprint density at radius 1 is 1.24 bits per heavy atom. The molecule has 2 atom stereocenters. The fraction of sp³-hybridized carbons (Fsp3) is 0.471. The molecule has 1 fully saturated rings. The van der Waals surface area contributed by atoms with Crippen LogP contribution in [-0.2, 0) is 11.0 Å². The van der Waals surface area contributed by atoms with Gasteiger partial charge in [0.25, 0.3) is 0 Å². The molecule has 1 N–H and O–H groups in total. The Labute approximate surface area is 142 Å². The smallest absolute Gasteiger partial charge is 0.435 e. The summed E-state index contributed by atoms with van der Waals surface area (Å²) in [5.74, 6) is -1.20. The Morgan fingerprint density at radius 3 is 2.44 bits per heavy atom. The maximum atomic E-state index is 12.7. The van der Waals surface area contributed by atoms with Gasteiger partial charge in [0.1, 0.15) is 6.04 Å². The molecule has 5 nitrogen and oxygen atoms in total. The molecule has 2 amide bonds. The van der Waals surface area contributed by atoms with Crippen molar-refractivity contribution in [3.63, 3.8) is 0 Å². The van der Waals surface area contributed by atoms with E-state index < -0.39 is 34.0 Å². The van der Waals surface area contributed by atoms with Gasteiger partial charge in [-0.3, -0.25) is 4.79 Å². The van der Waals surface area contributed by atoms with Gasteiger partial charge in [-0.1, -0.05) is 12.1 Å². The molecule has 0 radical (unpaired) electrons. The van der Waals surface area contributed by atoms with Gasteiger partial charge in [0.2, 0.25) is 0 Å². The van der Waals surface area contributed by atoms with Gasteiger partial charge in [0.15, 0.2) is 5.78 Å². The van der Waals surface area contributed by atoms with Gasteiger partial charge >= 0.3 is 18.2 Å². The number of carbonyl (C=O) groups is 3. The predicted octanol–water partition coefficient (Wildman–Crippen LogP) is 3.87. The van der Waals surface area contributed by atoms with Crippen molar-refractivity contribution in [1.29, 1.82) is 0 Å². The summed E-state index contributed by atoms with van der Waals surface area (Å²) in [5, 5.41) is 9.45.